The van der Waals surface area contributed by atoms with Gasteiger partial charge < -0.3 is 89.9 Å². The minimum absolute atomic E-state index is 0.240. The smallest absolute Gasteiger partial charge is 0.220 e. The molecule has 3 saturated heterocycles. The molecule has 19 nitrogen and oxygen atoms in total. The van der Waals surface area contributed by atoms with Crippen LogP contribution in [-0.2, 0) is 33.2 Å². The molecule has 0 aliphatic carbocycles. The first-order valence-corrected chi connectivity index (χ1v) is 41.3. The van der Waals surface area contributed by atoms with Gasteiger partial charge in [-0.05, 0) is 70.6 Å². The molecule has 17 atom stereocenters. The predicted molar refractivity (Wildman–Crippen MR) is 411 cm³/mol. The highest BCUT2D eigenvalue weighted by molar-refractivity contribution is 5.76. The number of amides is 1. The molecule has 0 radical (unpaired) electrons. The summed E-state index contributed by atoms with van der Waals surface area (Å²) in [6.45, 7) is 1.71. The van der Waals surface area contributed by atoms with Gasteiger partial charge in [-0.2, -0.15) is 0 Å². The second-order valence-electron chi connectivity index (χ2n) is 29.2. The molecule has 0 spiro atoms. The van der Waals surface area contributed by atoms with Crippen molar-refractivity contribution in [2.24, 2.45) is 0 Å². The van der Waals surface area contributed by atoms with E-state index in [4.69, 9.17) is 28.4 Å². The van der Waals surface area contributed by atoms with Crippen LogP contribution in [0.25, 0.3) is 0 Å². The first-order chi connectivity index (χ1) is 50.3. The van der Waals surface area contributed by atoms with Crippen molar-refractivity contribution in [3.05, 3.63) is 85.1 Å². The number of ether oxygens (including phenoxy) is 6. The summed E-state index contributed by atoms with van der Waals surface area (Å²) in [4.78, 5) is 13.5. The molecular weight excluding hydrogens is 1310 g/mol. The van der Waals surface area contributed by atoms with Gasteiger partial charge in [-0.3, -0.25) is 4.79 Å². The summed E-state index contributed by atoms with van der Waals surface area (Å²) < 4.78 is 34.5. The second kappa shape index (κ2) is 63.9. The molecule has 19 heteroatoms. The number of aliphatic hydroxyl groups excluding tert-OH is 11. The average molecular weight is 1460 g/mol. The van der Waals surface area contributed by atoms with Crippen molar-refractivity contribution < 1.29 is 89.4 Å². The highest BCUT2D eigenvalue weighted by atomic mass is 16.8. The van der Waals surface area contributed by atoms with Crippen molar-refractivity contribution >= 4 is 5.91 Å². The minimum Gasteiger partial charge on any atom is -0.394 e. The van der Waals surface area contributed by atoms with Gasteiger partial charge in [-0.25, -0.2) is 0 Å². The van der Waals surface area contributed by atoms with E-state index in [9.17, 15) is 61.0 Å². The quantitative estimate of drug-likeness (QED) is 0.0199. The Morgan fingerprint density at radius 2 is 0.670 bits per heavy atom. The summed E-state index contributed by atoms with van der Waals surface area (Å²) in [6, 6.07) is -0.889. The lowest BCUT2D eigenvalue weighted by atomic mass is 9.96. The largest absolute Gasteiger partial charge is 0.394 e. The molecule has 0 saturated carbocycles. The molecule has 0 bridgehead atoms. The van der Waals surface area contributed by atoms with Crippen LogP contribution < -0.4 is 5.32 Å². The molecule has 3 fully saturated rings. The van der Waals surface area contributed by atoms with Crippen LogP contribution in [0, 0.1) is 0 Å². The van der Waals surface area contributed by atoms with Gasteiger partial charge in [0.05, 0.1) is 38.6 Å². The lowest BCUT2D eigenvalue weighted by molar-refractivity contribution is -0.379. The number of hydrogen-bond donors (Lipinski definition) is 12. The Balaban J connectivity index is 1.29. The van der Waals surface area contributed by atoms with Crippen LogP contribution in [0.3, 0.4) is 0 Å². The molecule has 3 aliphatic rings. The van der Waals surface area contributed by atoms with Crippen molar-refractivity contribution in [3.63, 3.8) is 0 Å². The van der Waals surface area contributed by atoms with Gasteiger partial charge >= 0.3 is 0 Å². The molecule has 598 valence electrons. The van der Waals surface area contributed by atoms with Gasteiger partial charge in [-0.1, -0.05) is 317 Å². The topological polar surface area (TPSA) is 307 Å². The molecule has 12 N–H and O–H groups in total. The Labute approximate surface area is 622 Å². The molecule has 0 aromatic carbocycles. The maximum absolute atomic E-state index is 13.5. The van der Waals surface area contributed by atoms with E-state index >= 15 is 0 Å². The molecule has 0 aromatic rings. The Bertz CT molecular complexity index is 2190. The molecule has 3 rings (SSSR count). The number of carbonyl (C=O) groups is 1. The summed E-state index contributed by atoms with van der Waals surface area (Å²) in [7, 11) is 0. The van der Waals surface area contributed by atoms with Crippen molar-refractivity contribution in [2.75, 3.05) is 26.4 Å². The molecule has 103 heavy (non-hydrogen) atoms. The fourth-order valence-corrected chi connectivity index (χ4v) is 13.7. The van der Waals surface area contributed by atoms with Crippen LogP contribution in [0.4, 0.5) is 0 Å². The number of carbonyl (C=O) groups excluding carboxylic acids is 1. The average Bonchev–Trinajstić information content (AvgIpc) is 0.782. The van der Waals surface area contributed by atoms with E-state index in [-0.39, 0.29) is 18.9 Å². The zero-order valence-electron chi connectivity index (χ0n) is 64.0. The number of aliphatic hydroxyl groups is 11. The van der Waals surface area contributed by atoms with E-state index in [0.29, 0.717) is 12.8 Å². The maximum Gasteiger partial charge on any atom is 0.220 e. The van der Waals surface area contributed by atoms with Crippen LogP contribution in [0.2, 0.25) is 0 Å². The summed E-state index contributed by atoms with van der Waals surface area (Å²) in [5.74, 6) is -0.240. The zero-order chi connectivity index (χ0) is 74.6. The van der Waals surface area contributed by atoms with Crippen molar-refractivity contribution in [1.82, 2.24) is 5.32 Å². The monoisotopic (exact) mass is 1460 g/mol. The number of hydrogen-bond acceptors (Lipinski definition) is 18. The summed E-state index contributed by atoms with van der Waals surface area (Å²) in [5, 5.41) is 121. The number of nitrogens with one attached hydrogen (secondary N) is 1. The highest BCUT2D eigenvalue weighted by Gasteiger charge is 2.54. The van der Waals surface area contributed by atoms with Crippen LogP contribution in [0.15, 0.2) is 85.1 Å². The summed E-state index contributed by atoms with van der Waals surface area (Å²) in [6.07, 6.45) is 58.2. The van der Waals surface area contributed by atoms with E-state index in [1.165, 1.54) is 186 Å². The first kappa shape index (κ1) is 94.2. The highest BCUT2D eigenvalue weighted by Crippen LogP contribution is 2.33. The third-order valence-electron chi connectivity index (χ3n) is 20.2. The van der Waals surface area contributed by atoms with Gasteiger partial charge in [0.15, 0.2) is 18.9 Å². The second-order valence-corrected chi connectivity index (χ2v) is 29.2. The third kappa shape index (κ3) is 43.7. The number of unbranched alkanes of at least 4 members (excludes halogenated alkanes) is 35. The minimum atomic E-state index is -1.97. The molecule has 0 aromatic heterocycles. The lowest BCUT2D eigenvalue weighted by Crippen LogP contribution is -2.66. The van der Waals surface area contributed by atoms with E-state index in [1.54, 1.807) is 0 Å². The number of allylic oxidation sites excluding steroid dienone is 14. The molecule has 3 aliphatic heterocycles. The van der Waals surface area contributed by atoms with Crippen molar-refractivity contribution in [2.45, 2.75) is 413 Å². The zero-order valence-corrected chi connectivity index (χ0v) is 64.0. The maximum atomic E-state index is 13.5. The fourth-order valence-electron chi connectivity index (χ4n) is 13.7. The van der Waals surface area contributed by atoms with Crippen molar-refractivity contribution in [3.8, 4) is 0 Å². The van der Waals surface area contributed by atoms with E-state index in [2.05, 4.69) is 104 Å². The lowest BCUT2D eigenvalue weighted by Gasteiger charge is -2.48. The Morgan fingerprint density at radius 3 is 1.05 bits per heavy atom. The van der Waals surface area contributed by atoms with Gasteiger partial charge in [0.1, 0.15) is 73.2 Å². The number of rotatable bonds is 65. The van der Waals surface area contributed by atoms with Crippen molar-refractivity contribution in [1.29, 1.82) is 0 Å². The Kier molecular flexibility index (Phi) is 58.4. The fraction of sp³-hybridized carbons (Fsp3) is 0.821. The van der Waals surface area contributed by atoms with E-state index in [1.807, 2.05) is 0 Å². The summed E-state index contributed by atoms with van der Waals surface area (Å²) in [5.41, 5.74) is 0. The third-order valence-corrected chi connectivity index (χ3v) is 20.2. The first-order valence-electron chi connectivity index (χ1n) is 41.3. The van der Waals surface area contributed by atoms with Crippen LogP contribution >= 0.6 is 0 Å². The van der Waals surface area contributed by atoms with Gasteiger partial charge in [0.2, 0.25) is 5.91 Å². The molecular formula is C84H149NO18. The molecule has 1 amide bonds. The van der Waals surface area contributed by atoms with E-state index in [0.717, 1.165) is 89.9 Å². The predicted octanol–water partition coefficient (Wildman–Crippen LogP) is 14.2. The molecule has 17 unspecified atom stereocenters. The standard InChI is InChI=1S/C84H149NO18/c1-3-5-7-9-11-13-15-17-19-21-22-23-24-25-26-27-28-29-30-31-32-33-34-35-36-37-38-39-40-41-42-43-44-46-48-50-52-54-56-58-60-62-72(90)85-67(68(89)61-59-57-55-53-51-49-47-45-20-18-16-14-12-10-8-6-4-2)66-98-82-78(96)75(93)80(70(64-87)100-82)103-84-79(97)76(94)81(71(65-88)101-84)102-83-77(95)74(92)73(91)69(63-86)99-83/h5,7,11,13,17,19,22-23,25-26,28-29,31-32,67-71,73-84,86-89,91-97H,3-4,6,8-10,12,14-16,18,20-21,24,27,30,33-66H2,1-2H3,(H,85,90)/b7-5-,13-11-,19-17-,23-22-,26-25-,29-28-,32-31-. The Morgan fingerprint density at radius 1 is 0.359 bits per heavy atom. The van der Waals surface area contributed by atoms with Crippen LogP contribution in [-0.4, -0.2) is 193 Å². The Hall–Kier alpha value is -3.03. The normalized spacial score (nSPS) is 26.5. The summed E-state index contributed by atoms with van der Waals surface area (Å²) >= 11 is 0. The van der Waals surface area contributed by atoms with E-state index < -0.39 is 124 Å². The van der Waals surface area contributed by atoms with Crippen LogP contribution in [0.1, 0.15) is 309 Å². The van der Waals surface area contributed by atoms with Crippen LogP contribution in [0.5, 0.6) is 0 Å². The van der Waals surface area contributed by atoms with Gasteiger partial charge in [-0.15, -0.1) is 0 Å². The van der Waals surface area contributed by atoms with Gasteiger partial charge in [0, 0.05) is 6.42 Å². The van der Waals surface area contributed by atoms with Gasteiger partial charge in [0.25, 0.3) is 0 Å². The SMILES string of the molecule is CC/C=C\C/C=C\C/C=C\C/C=C\C/C=C\C/C=C\C/C=C\CCCCCCCCCCCCCCCCCCCCCC(=O)NC(COC1OC(CO)C(OC2OC(CO)C(OC3OC(CO)C(O)C(O)C3O)C(O)C2O)C(O)C1O)C(O)CCCCCCCCCCCCCCCCCCC. The molecule has 3 heterocycles.